The van der Waals surface area contributed by atoms with E-state index in [-0.39, 0.29) is 5.78 Å². The van der Waals surface area contributed by atoms with Crippen LogP contribution in [0.4, 0.5) is 0 Å². The van der Waals surface area contributed by atoms with Crippen LogP contribution in [0.2, 0.25) is 5.02 Å². The van der Waals surface area contributed by atoms with Crippen LogP contribution in [0.25, 0.3) is 0 Å². The Morgan fingerprint density at radius 1 is 1.35 bits per heavy atom. The SMILES string of the molecule is CCc1nn(CC)c(CC(=O)C2(N)CCCCC2)c1Cl. The van der Waals surface area contributed by atoms with E-state index < -0.39 is 5.54 Å². The second kappa shape index (κ2) is 6.27. The minimum absolute atomic E-state index is 0.108. The zero-order chi connectivity index (χ0) is 14.8. The van der Waals surface area contributed by atoms with Crippen LogP contribution in [0.3, 0.4) is 0 Å². The first-order valence-electron chi connectivity index (χ1n) is 7.58. The predicted octanol–water partition coefficient (Wildman–Crippen LogP) is 2.89. The highest BCUT2D eigenvalue weighted by Crippen LogP contribution is 2.29. The van der Waals surface area contributed by atoms with Gasteiger partial charge in [-0.1, -0.05) is 37.8 Å². The van der Waals surface area contributed by atoms with Crippen molar-refractivity contribution in [2.75, 3.05) is 0 Å². The van der Waals surface area contributed by atoms with Crippen LogP contribution in [-0.4, -0.2) is 21.1 Å². The van der Waals surface area contributed by atoms with Gasteiger partial charge in [-0.15, -0.1) is 0 Å². The molecule has 0 atom stereocenters. The van der Waals surface area contributed by atoms with Crippen LogP contribution >= 0.6 is 11.6 Å². The van der Waals surface area contributed by atoms with E-state index in [1.165, 1.54) is 6.42 Å². The summed E-state index contributed by atoms with van der Waals surface area (Å²) >= 11 is 6.36. The maximum Gasteiger partial charge on any atom is 0.158 e. The molecule has 20 heavy (non-hydrogen) atoms. The molecule has 0 amide bonds. The monoisotopic (exact) mass is 297 g/mol. The number of aryl methyl sites for hydroxylation is 2. The quantitative estimate of drug-likeness (QED) is 0.909. The Kier molecular flexibility index (Phi) is 4.86. The van der Waals surface area contributed by atoms with E-state index in [0.717, 1.165) is 50.0 Å². The molecule has 0 aliphatic heterocycles. The summed E-state index contributed by atoms with van der Waals surface area (Å²) in [5.74, 6) is 0.108. The van der Waals surface area contributed by atoms with Gasteiger partial charge in [0.25, 0.3) is 0 Å². The van der Waals surface area contributed by atoms with E-state index in [4.69, 9.17) is 17.3 Å². The molecule has 2 rings (SSSR count). The highest BCUT2D eigenvalue weighted by molar-refractivity contribution is 6.32. The summed E-state index contributed by atoms with van der Waals surface area (Å²) in [6, 6.07) is 0. The lowest BCUT2D eigenvalue weighted by Gasteiger charge is -2.31. The number of carbonyl (C=O) groups is 1. The average Bonchev–Trinajstić information content (AvgIpc) is 2.76. The zero-order valence-electron chi connectivity index (χ0n) is 12.4. The number of ketones is 1. The molecular formula is C15H24ClN3O. The molecule has 2 N–H and O–H groups in total. The van der Waals surface area contributed by atoms with E-state index in [9.17, 15) is 4.79 Å². The van der Waals surface area contributed by atoms with Crippen LogP contribution < -0.4 is 5.73 Å². The lowest BCUT2D eigenvalue weighted by Crippen LogP contribution is -2.50. The number of hydrogen-bond donors (Lipinski definition) is 1. The van der Waals surface area contributed by atoms with Crippen molar-refractivity contribution in [2.45, 2.75) is 70.9 Å². The van der Waals surface area contributed by atoms with Gasteiger partial charge in [0.2, 0.25) is 0 Å². The van der Waals surface area contributed by atoms with Gasteiger partial charge in [-0.3, -0.25) is 9.48 Å². The summed E-state index contributed by atoms with van der Waals surface area (Å²) in [6.07, 6.45) is 5.94. The Bertz CT molecular complexity index is 490. The molecule has 1 heterocycles. The van der Waals surface area contributed by atoms with E-state index in [1.54, 1.807) is 0 Å². The molecule has 1 aromatic heterocycles. The second-order valence-corrected chi connectivity index (χ2v) is 6.07. The van der Waals surface area contributed by atoms with Gasteiger partial charge in [0.15, 0.2) is 5.78 Å². The molecule has 112 valence electrons. The van der Waals surface area contributed by atoms with Gasteiger partial charge in [-0.25, -0.2) is 0 Å². The normalized spacial score (nSPS) is 18.2. The summed E-state index contributed by atoms with van der Waals surface area (Å²) in [7, 11) is 0. The summed E-state index contributed by atoms with van der Waals surface area (Å²) in [4.78, 5) is 12.6. The number of Topliss-reactive ketones (excluding diaryl/α,β-unsaturated/α-hetero) is 1. The Morgan fingerprint density at radius 2 is 2.00 bits per heavy atom. The fourth-order valence-corrected chi connectivity index (χ4v) is 3.31. The third-order valence-electron chi connectivity index (χ3n) is 4.32. The maximum atomic E-state index is 12.6. The Labute approximate surface area is 125 Å². The standard InChI is InChI=1S/C15H24ClN3O/c1-3-11-14(16)12(19(4-2)18-11)10-13(20)15(17)8-6-5-7-9-15/h3-10,17H2,1-2H3. The molecule has 0 unspecified atom stereocenters. The van der Waals surface area contributed by atoms with Crippen LogP contribution in [0.15, 0.2) is 0 Å². The summed E-state index contributed by atoms with van der Waals surface area (Å²) in [5.41, 5.74) is 7.35. The molecule has 0 aromatic carbocycles. The van der Waals surface area contributed by atoms with Crippen molar-refractivity contribution in [1.29, 1.82) is 0 Å². The van der Waals surface area contributed by atoms with Crippen molar-refractivity contribution in [1.82, 2.24) is 9.78 Å². The topological polar surface area (TPSA) is 60.9 Å². The molecule has 1 aliphatic carbocycles. The number of rotatable bonds is 5. The molecule has 0 saturated heterocycles. The summed E-state index contributed by atoms with van der Waals surface area (Å²) in [6.45, 7) is 4.75. The fourth-order valence-electron chi connectivity index (χ4n) is 2.98. The summed E-state index contributed by atoms with van der Waals surface area (Å²) in [5, 5.41) is 5.10. The first kappa shape index (κ1) is 15.5. The minimum Gasteiger partial charge on any atom is -0.319 e. The van der Waals surface area contributed by atoms with Crippen molar-refractivity contribution in [3.05, 3.63) is 16.4 Å². The highest BCUT2D eigenvalue weighted by atomic mass is 35.5. The Hall–Kier alpha value is -0.870. The van der Waals surface area contributed by atoms with Gasteiger partial charge < -0.3 is 5.73 Å². The van der Waals surface area contributed by atoms with Crippen molar-refractivity contribution in [3.63, 3.8) is 0 Å². The van der Waals surface area contributed by atoms with Crippen LogP contribution in [0.1, 0.15) is 57.3 Å². The highest BCUT2D eigenvalue weighted by Gasteiger charge is 2.35. The van der Waals surface area contributed by atoms with E-state index >= 15 is 0 Å². The molecule has 1 aromatic rings. The van der Waals surface area contributed by atoms with Crippen LogP contribution in [0, 0.1) is 0 Å². The van der Waals surface area contributed by atoms with Crippen molar-refractivity contribution >= 4 is 17.4 Å². The van der Waals surface area contributed by atoms with Gasteiger partial charge in [0.05, 0.1) is 28.4 Å². The van der Waals surface area contributed by atoms with Crippen LogP contribution in [-0.2, 0) is 24.2 Å². The minimum atomic E-state index is -0.656. The second-order valence-electron chi connectivity index (χ2n) is 5.69. The zero-order valence-corrected chi connectivity index (χ0v) is 13.2. The first-order chi connectivity index (χ1) is 9.51. The summed E-state index contributed by atoms with van der Waals surface area (Å²) < 4.78 is 1.84. The van der Waals surface area contributed by atoms with Gasteiger partial charge in [-0.2, -0.15) is 5.10 Å². The maximum absolute atomic E-state index is 12.6. The number of halogens is 1. The molecule has 0 radical (unpaired) electrons. The Morgan fingerprint density at radius 3 is 2.55 bits per heavy atom. The van der Waals surface area contributed by atoms with Gasteiger partial charge in [0, 0.05) is 6.54 Å². The van der Waals surface area contributed by atoms with Crippen LogP contribution in [0.5, 0.6) is 0 Å². The molecule has 1 saturated carbocycles. The molecule has 0 spiro atoms. The number of hydrogen-bond acceptors (Lipinski definition) is 3. The van der Waals surface area contributed by atoms with Gasteiger partial charge in [-0.05, 0) is 26.2 Å². The molecule has 4 nitrogen and oxygen atoms in total. The van der Waals surface area contributed by atoms with Crippen molar-refractivity contribution < 1.29 is 4.79 Å². The Balaban J connectivity index is 2.20. The van der Waals surface area contributed by atoms with Gasteiger partial charge >= 0.3 is 0 Å². The molecule has 1 fully saturated rings. The largest absolute Gasteiger partial charge is 0.319 e. The molecular weight excluding hydrogens is 274 g/mol. The number of aromatic nitrogens is 2. The average molecular weight is 298 g/mol. The predicted molar refractivity (Wildman–Crippen MR) is 81.0 cm³/mol. The number of nitrogens with two attached hydrogens (primary N) is 1. The van der Waals surface area contributed by atoms with E-state index in [0.29, 0.717) is 11.4 Å². The lowest BCUT2D eigenvalue weighted by molar-refractivity contribution is -0.124. The first-order valence-corrected chi connectivity index (χ1v) is 7.96. The van der Waals surface area contributed by atoms with E-state index in [1.807, 2.05) is 18.5 Å². The van der Waals surface area contributed by atoms with E-state index in [2.05, 4.69) is 5.10 Å². The third kappa shape index (κ3) is 2.91. The lowest BCUT2D eigenvalue weighted by atomic mass is 9.78. The van der Waals surface area contributed by atoms with Crippen molar-refractivity contribution in [2.24, 2.45) is 5.73 Å². The number of nitrogens with zero attached hydrogens (tertiary/aromatic N) is 2. The molecule has 5 heteroatoms. The number of carbonyl (C=O) groups excluding carboxylic acids is 1. The molecule has 0 bridgehead atoms. The van der Waals surface area contributed by atoms with Crippen molar-refractivity contribution in [3.8, 4) is 0 Å². The van der Waals surface area contributed by atoms with Gasteiger partial charge in [0.1, 0.15) is 0 Å². The fraction of sp³-hybridized carbons (Fsp3) is 0.733. The third-order valence-corrected chi connectivity index (χ3v) is 4.76. The molecule has 1 aliphatic rings. The smallest absolute Gasteiger partial charge is 0.158 e.